The molecular formula is C18H23N7O. The van der Waals surface area contributed by atoms with Gasteiger partial charge in [-0.3, -0.25) is 0 Å². The first-order valence-corrected chi connectivity index (χ1v) is 9.03. The number of carbonyl (C=O) groups is 1. The van der Waals surface area contributed by atoms with Crippen LogP contribution in [0.1, 0.15) is 0 Å². The zero-order valence-electron chi connectivity index (χ0n) is 14.7. The first-order chi connectivity index (χ1) is 12.8. The van der Waals surface area contributed by atoms with E-state index in [2.05, 4.69) is 24.8 Å². The van der Waals surface area contributed by atoms with Crippen LogP contribution in [-0.2, 0) is 0 Å². The summed E-state index contributed by atoms with van der Waals surface area (Å²) in [4.78, 5) is 34.0. The normalized spacial score (nSPS) is 18.2. The van der Waals surface area contributed by atoms with E-state index < -0.39 is 0 Å². The smallest absolute Gasteiger partial charge is 0.320 e. The standard InChI is InChI=1S/C18H23N7O/c26-18(24-12-8-22(9-13-24)16-4-1-2-5-19-16)25-14-10-23(11-15-25)17-20-6-3-7-21-17/h1-7H,8-15H2. The Kier molecular flexibility index (Phi) is 4.81. The molecule has 8 nitrogen and oxygen atoms in total. The lowest BCUT2D eigenvalue weighted by Crippen LogP contribution is -2.57. The summed E-state index contributed by atoms with van der Waals surface area (Å²) >= 11 is 0. The predicted molar refractivity (Wildman–Crippen MR) is 99.2 cm³/mol. The molecule has 4 rings (SSSR count). The minimum absolute atomic E-state index is 0.138. The highest BCUT2D eigenvalue weighted by molar-refractivity contribution is 5.75. The summed E-state index contributed by atoms with van der Waals surface area (Å²) in [6, 6.07) is 7.88. The highest BCUT2D eigenvalue weighted by Crippen LogP contribution is 2.15. The molecule has 2 saturated heterocycles. The number of pyridine rings is 1. The minimum atomic E-state index is 0.138. The lowest BCUT2D eigenvalue weighted by atomic mass is 10.3. The van der Waals surface area contributed by atoms with Gasteiger partial charge in [0.15, 0.2) is 0 Å². The number of carbonyl (C=O) groups excluding carboxylic acids is 1. The number of hydrogen-bond donors (Lipinski definition) is 0. The second kappa shape index (κ2) is 7.55. The molecule has 4 heterocycles. The van der Waals surface area contributed by atoms with Crippen LogP contribution in [0.25, 0.3) is 0 Å². The first-order valence-electron chi connectivity index (χ1n) is 9.03. The molecule has 0 spiro atoms. The lowest BCUT2D eigenvalue weighted by molar-refractivity contribution is 0.147. The van der Waals surface area contributed by atoms with Crippen LogP contribution in [0.2, 0.25) is 0 Å². The van der Waals surface area contributed by atoms with E-state index >= 15 is 0 Å². The van der Waals surface area contributed by atoms with Crippen molar-refractivity contribution in [3.63, 3.8) is 0 Å². The van der Waals surface area contributed by atoms with Gasteiger partial charge < -0.3 is 19.6 Å². The van der Waals surface area contributed by atoms with Crippen molar-refractivity contribution in [2.24, 2.45) is 0 Å². The molecule has 2 fully saturated rings. The molecule has 2 amide bonds. The Morgan fingerprint density at radius 3 is 1.85 bits per heavy atom. The van der Waals surface area contributed by atoms with E-state index in [-0.39, 0.29) is 6.03 Å². The lowest BCUT2D eigenvalue weighted by Gasteiger charge is -2.40. The van der Waals surface area contributed by atoms with Crippen LogP contribution >= 0.6 is 0 Å². The van der Waals surface area contributed by atoms with Gasteiger partial charge in [0.1, 0.15) is 5.82 Å². The summed E-state index contributed by atoms with van der Waals surface area (Å²) in [6.45, 7) is 6.05. The van der Waals surface area contributed by atoms with Crippen LogP contribution in [0.3, 0.4) is 0 Å². The highest BCUT2D eigenvalue weighted by Gasteiger charge is 2.28. The Balaban J connectivity index is 1.28. The number of amides is 2. The molecule has 0 unspecified atom stereocenters. The second-order valence-corrected chi connectivity index (χ2v) is 6.47. The fourth-order valence-electron chi connectivity index (χ4n) is 3.42. The molecule has 0 aliphatic carbocycles. The Labute approximate surface area is 153 Å². The molecular weight excluding hydrogens is 330 g/mol. The van der Waals surface area contributed by atoms with Gasteiger partial charge in [0.25, 0.3) is 0 Å². The van der Waals surface area contributed by atoms with Crippen LogP contribution in [-0.4, -0.2) is 83.1 Å². The van der Waals surface area contributed by atoms with Gasteiger partial charge in [0.05, 0.1) is 0 Å². The third-order valence-corrected chi connectivity index (χ3v) is 4.91. The number of aromatic nitrogens is 3. The number of anilines is 2. The first kappa shape index (κ1) is 16.6. The van der Waals surface area contributed by atoms with Crippen molar-refractivity contribution in [2.45, 2.75) is 0 Å². The largest absolute Gasteiger partial charge is 0.353 e. The quantitative estimate of drug-likeness (QED) is 0.800. The van der Waals surface area contributed by atoms with E-state index in [4.69, 9.17) is 0 Å². The Hall–Kier alpha value is -2.90. The SMILES string of the molecule is O=C(N1CCN(c2ccccn2)CC1)N1CCN(c2ncccn2)CC1. The number of hydrogen-bond acceptors (Lipinski definition) is 6. The van der Waals surface area contributed by atoms with E-state index in [0.717, 1.165) is 51.0 Å². The Bertz CT molecular complexity index is 649. The zero-order chi connectivity index (χ0) is 17.8. The van der Waals surface area contributed by atoms with Crippen LogP contribution < -0.4 is 9.80 Å². The van der Waals surface area contributed by atoms with Gasteiger partial charge in [0.2, 0.25) is 5.95 Å². The van der Waals surface area contributed by atoms with Crippen molar-refractivity contribution in [3.8, 4) is 0 Å². The van der Waals surface area contributed by atoms with E-state index in [1.54, 1.807) is 12.4 Å². The van der Waals surface area contributed by atoms with E-state index in [1.165, 1.54) is 0 Å². The number of urea groups is 1. The highest BCUT2D eigenvalue weighted by atomic mass is 16.2. The average Bonchev–Trinajstić information content (AvgIpc) is 2.75. The average molecular weight is 353 g/mol. The predicted octanol–water partition coefficient (Wildman–Crippen LogP) is 0.936. The van der Waals surface area contributed by atoms with Crippen molar-refractivity contribution in [2.75, 3.05) is 62.2 Å². The summed E-state index contributed by atoms with van der Waals surface area (Å²) in [7, 11) is 0. The maximum absolute atomic E-state index is 12.8. The van der Waals surface area contributed by atoms with Crippen LogP contribution in [0, 0.1) is 0 Å². The van der Waals surface area contributed by atoms with Crippen LogP contribution in [0.15, 0.2) is 42.9 Å². The summed E-state index contributed by atoms with van der Waals surface area (Å²) in [6.07, 6.45) is 5.31. The molecule has 0 atom stereocenters. The maximum Gasteiger partial charge on any atom is 0.320 e. The molecule has 0 N–H and O–H groups in total. The van der Waals surface area contributed by atoms with Gasteiger partial charge in [-0.2, -0.15) is 0 Å². The number of piperazine rings is 2. The Morgan fingerprint density at radius 1 is 0.692 bits per heavy atom. The van der Waals surface area contributed by atoms with Gasteiger partial charge in [-0.25, -0.2) is 19.7 Å². The summed E-state index contributed by atoms with van der Waals surface area (Å²) < 4.78 is 0. The Morgan fingerprint density at radius 2 is 1.27 bits per heavy atom. The fourth-order valence-corrected chi connectivity index (χ4v) is 3.42. The number of nitrogens with zero attached hydrogens (tertiary/aromatic N) is 7. The maximum atomic E-state index is 12.8. The summed E-state index contributed by atoms with van der Waals surface area (Å²) in [5.74, 6) is 1.72. The van der Waals surface area contributed by atoms with Crippen molar-refractivity contribution in [3.05, 3.63) is 42.9 Å². The van der Waals surface area contributed by atoms with E-state index in [9.17, 15) is 4.79 Å². The monoisotopic (exact) mass is 353 g/mol. The van der Waals surface area contributed by atoms with E-state index in [0.29, 0.717) is 13.1 Å². The van der Waals surface area contributed by atoms with Gasteiger partial charge in [-0.15, -0.1) is 0 Å². The van der Waals surface area contributed by atoms with Gasteiger partial charge in [0, 0.05) is 70.9 Å². The third-order valence-electron chi connectivity index (χ3n) is 4.91. The van der Waals surface area contributed by atoms with Gasteiger partial charge >= 0.3 is 6.03 Å². The minimum Gasteiger partial charge on any atom is -0.353 e. The molecule has 8 heteroatoms. The molecule has 136 valence electrons. The summed E-state index contributed by atoms with van der Waals surface area (Å²) in [5.41, 5.74) is 0. The van der Waals surface area contributed by atoms with Gasteiger partial charge in [-0.1, -0.05) is 6.07 Å². The topological polar surface area (TPSA) is 68.7 Å². The molecule has 26 heavy (non-hydrogen) atoms. The zero-order valence-corrected chi connectivity index (χ0v) is 14.7. The molecule has 0 radical (unpaired) electrons. The second-order valence-electron chi connectivity index (χ2n) is 6.47. The van der Waals surface area contributed by atoms with Crippen LogP contribution in [0.4, 0.5) is 16.6 Å². The third kappa shape index (κ3) is 3.54. The molecule has 2 aliphatic rings. The molecule has 0 bridgehead atoms. The van der Waals surface area contributed by atoms with Crippen molar-refractivity contribution in [1.82, 2.24) is 24.8 Å². The van der Waals surface area contributed by atoms with Crippen molar-refractivity contribution in [1.29, 1.82) is 0 Å². The fraction of sp³-hybridized carbons (Fsp3) is 0.444. The van der Waals surface area contributed by atoms with Gasteiger partial charge in [-0.05, 0) is 18.2 Å². The molecule has 2 aromatic heterocycles. The van der Waals surface area contributed by atoms with Crippen molar-refractivity contribution < 1.29 is 4.79 Å². The van der Waals surface area contributed by atoms with E-state index in [1.807, 2.05) is 40.3 Å². The van der Waals surface area contributed by atoms with Crippen molar-refractivity contribution >= 4 is 17.8 Å². The molecule has 2 aromatic rings. The summed E-state index contributed by atoms with van der Waals surface area (Å²) in [5, 5.41) is 0. The molecule has 2 aliphatic heterocycles. The molecule has 0 aromatic carbocycles. The molecule has 0 saturated carbocycles. The number of rotatable bonds is 2. The van der Waals surface area contributed by atoms with Crippen LogP contribution in [0.5, 0.6) is 0 Å².